The second-order valence-electron chi connectivity index (χ2n) is 6.29. The molecular formula is C17H20N6O2. The van der Waals surface area contributed by atoms with E-state index in [1.807, 2.05) is 31.2 Å². The van der Waals surface area contributed by atoms with Crippen LogP contribution in [0.1, 0.15) is 24.4 Å². The van der Waals surface area contributed by atoms with Crippen LogP contribution < -0.4 is 10.2 Å². The van der Waals surface area contributed by atoms with E-state index < -0.39 is 0 Å². The van der Waals surface area contributed by atoms with E-state index in [1.54, 1.807) is 10.8 Å². The van der Waals surface area contributed by atoms with Crippen molar-refractivity contribution >= 4 is 17.4 Å². The largest absolute Gasteiger partial charge is 0.467 e. The number of furan rings is 1. The first-order chi connectivity index (χ1) is 12.2. The Balaban J connectivity index is 1.44. The van der Waals surface area contributed by atoms with E-state index in [0.717, 1.165) is 42.4 Å². The van der Waals surface area contributed by atoms with Crippen LogP contribution in [0.3, 0.4) is 0 Å². The molecule has 3 aromatic rings. The van der Waals surface area contributed by atoms with Crippen molar-refractivity contribution in [3.63, 3.8) is 0 Å². The molecular weight excluding hydrogens is 320 g/mol. The van der Waals surface area contributed by atoms with Crippen LogP contribution in [0.4, 0.5) is 5.82 Å². The Hall–Kier alpha value is -2.90. The first-order valence-corrected chi connectivity index (χ1v) is 8.45. The number of amides is 1. The van der Waals surface area contributed by atoms with Crippen molar-refractivity contribution < 1.29 is 9.21 Å². The van der Waals surface area contributed by atoms with Gasteiger partial charge in [0.15, 0.2) is 11.5 Å². The predicted octanol–water partition coefficient (Wildman–Crippen LogP) is 1.56. The van der Waals surface area contributed by atoms with Crippen molar-refractivity contribution in [3.05, 3.63) is 42.1 Å². The van der Waals surface area contributed by atoms with Gasteiger partial charge in [0, 0.05) is 13.1 Å². The van der Waals surface area contributed by atoms with E-state index in [-0.39, 0.29) is 11.8 Å². The molecule has 1 aliphatic heterocycles. The van der Waals surface area contributed by atoms with Crippen LogP contribution >= 0.6 is 0 Å². The maximum absolute atomic E-state index is 12.5. The zero-order valence-corrected chi connectivity index (χ0v) is 14.1. The number of carbonyl (C=O) groups excluding carboxylic acids is 1. The highest BCUT2D eigenvalue weighted by Gasteiger charge is 2.26. The van der Waals surface area contributed by atoms with E-state index in [9.17, 15) is 4.79 Å². The number of carbonyl (C=O) groups is 1. The fourth-order valence-corrected chi connectivity index (χ4v) is 3.19. The summed E-state index contributed by atoms with van der Waals surface area (Å²) in [7, 11) is 0. The second-order valence-corrected chi connectivity index (χ2v) is 6.29. The Labute approximate surface area is 144 Å². The van der Waals surface area contributed by atoms with Crippen molar-refractivity contribution in [1.29, 1.82) is 0 Å². The molecule has 1 fully saturated rings. The van der Waals surface area contributed by atoms with Gasteiger partial charge in [0.1, 0.15) is 11.6 Å². The summed E-state index contributed by atoms with van der Waals surface area (Å²) in [5, 5.41) is 15.7. The number of hydrogen-bond acceptors (Lipinski definition) is 6. The summed E-state index contributed by atoms with van der Waals surface area (Å²) in [4.78, 5) is 14.6. The lowest BCUT2D eigenvalue weighted by Gasteiger charge is -2.32. The van der Waals surface area contributed by atoms with Gasteiger partial charge in [-0.3, -0.25) is 4.79 Å². The minimum absolute atomic E-state index is 0.0526. The third-order valence-electron chi connectivity index (χ3n) is 4.54. The SMILES string of the molecule is Cc1nnc2ccc(N3CCC[C@@H](C(=O)NCc4ccco4)C3)nn12. The number of piperidine rings is 1. The minimum Gasteiger partial charge on any atom is -0.467 e. The van der Waals surface area contributed by atoms with Gasteiger partial charge in [-0.2, -0.15) is 4.52 Å². The zero-order valence-electron chi connectivity index (χ0n) is 14.1. The molecule has 3 aromatic heterocycles. The van der Waals surface area contributed by atoms with Crippen molar-refractivity contribution in [2.75, 3.05) is 18.0 Å². The fraction of sp³-hybridized carbons (Fsp3) is 0.412. The molecule has 1 N–H and O–H groups in total. The Morgan fingerprint density at radius 2 is 2.28 bits per heavy atom. The molecule has 0 spiro atoms. The molecule has 1 amide bonds. The van der Waals surface area contributed by atoms with E-state index in [4.69, 9.17) is 4.42 Å². The average molecular weight is 340 g/mol. The van der Waals surface area contributed by atoms with Gasteiger partial charge in [0.05, 0.1) is 18.7 Å². The van der Waals surface area contributed by atoms with Gasteiger partial charge in [-0.25, -0.2) is 0 Å². The highest BCUT2D eigenvalue weighted by Crippen LogP contribution is 2.22. The average Bonchev–Trinajstić information content (AvgIpc) is 3.30. The third kappa shape index (κ3) is 3.19. The highest BCUT2D eigenvalue weighted by atomic mass is 16.3. The molecule has 1 aliphatic rings. The molecule has 1 atom stereocenters. The molecule has 0 aliphatic carbocycles. The van der Waals surface area contributed by atoms with Crippen LogP contribution in [0, 0.1) is 12.8 Å². The Kier molecular flexibility index (Phi) is 4.09. The van der Waals surface area contributed by atoms with E-state index in [1.165, 1.54) is 0 Å². The Morgan fingerprint density at radius 3 is 3.12 bits per heavy atom. The van der Waals surface area contributed by atoms with Gasteiger partial charge in [-0.15, -0.1) is 15.3 Å². The highest BCUT2D eigenvalue weighted by molar-refractivity contribution is 5.79. The molecule has 1 saturated heterocycles. The molecule has 4 heterocycles. The number of aryl methyl sites for hydroxylation is 1. The smallest absolute Gasteiger partial charge is 0.225 e. The number of nitrogens with zero attached hydrogens (tertiary/aromatic N) is 5. The number of hydrogen-bond donors (Lipinski definition) is 1. The summed E-state index contributed by atoms with van der Waals surface area (Å²) < 4.78 is 6.99. The lowest BCUT2D eigenvalue weighted by atomic mass is 9.97. The molecule has 8 heteroatoms. The Bertz CT molecular complexity index is 873. The summed E-state index contributed by atoms with van der Waals surface area (Å²) in [6, 6.07) is 7.52. The molecule has 4 rings (SSSR count). The summed E-state index contributed by atoms with van der Waals surface area (Å²) in [6.45, 7) is 3.84. The number of rotatable bonds is 4. The number of anilines is 1. The molecule has 0 saturated carbocycles. The molecule has 0 aromatic carbocycles. The summed E-state index contributed by atoms with van der Waals surface area (Å²) >= 11 is 0. The lowest BCUT2D eigenvalue weighted by Crippen LogP contribution is -2.43. The van der Waals surface area contributed by atoms with Crippen molar-refractivity contribution in [2.24, 2.45) is 5.92 Å². The maximum atomic E-state index is 12.5. The molecule has 0 bridgehead atoms. The maximum Gasteiger partial charge on any atom is 0.225 e. The number of nitrogens with one attached hydrogen (secondary N) is 1. The minimum atomic E-state index is -0.0526. The summed E-state index contributed by atoms with van der Waals surface area (Å²) in [5.74, 6) is 2.36. The molecule has 0 unspecified atom stereocenters. The first-order valence-electron chi connectivity index (χ1n) is 8.45. The molecule has 8 nitrogen and oxygen atoms in total. The predicted molar refractivity (Wildman–Crippen MR) is 91.0 cm³/mol. The van der Waals surface area contributed by atoms with Crippen LogP contribution in [-0.4, -0.2) is 38.8 Å². The fourth-order valence-electron chi connectivity index (χ4n) is 3.19. The van der Waals surface area contributed by atoms with Crippen molar-refractivity contribution in [2.45, 2.75) is 26.3 Å². The third-order valence-corrected chi connectivity index (χ3v) is 4.54. The first kappa shape index (κ1) is 15.6. The number of aromatic nitrogens is 4. The monoisotopic (exact) mass is 340 g/mol. The van der Waals surface area contributed by atoms with Crippen molar-refractivity contribution in [1.82, 2.24) is 25.1 Å². The van der Waals surface area contributed by atoms with Gasteiger partial charge in [0.2, 0.25) is 5.91 Å². The van der Waals surface area contributed by atoms with Gasteiger partial charge in [0.25, 0.3) is 0 Å². The summed E-state index contributed by atoms with van der Waals surface area (Å²) in [6.07, 6.45) is 3.45. The van der Waals surface area contributed by atoms with Crippen LogP contribution in [0.5, 0.6) is 0 Å². The van der Waals surface area contributed by atoms with Crippen LogP contribution in [0.25, 0.3) is 5.65 Å². The van der Waals surface area contributed by atoms with Crippen LogP contribution in [0.15, 0.2) is 34.9 Å². The molecule has 0 radical (unpaired) electrons. The zero-order chi connectivity index (χ0) is 17.2. The van der Waals surface area contributed by atoms with Gasteiger partial charge in [-0.05, 0) is 44.0 Å². The Morgan fingerprint density at radius 1 is 1.36 bits per heavy atom. The lowest BCUT2D eigenvalue weighted by molar-refractivity contribution is -0.125. The quantitative estimate of drug-likeness (QED) is 0.775. The van der Waals surface area contributed by atoms with E-state index >= 15 is 0 Å². The van der Waals surface area contributed by atoms with E-state index in [0.29, 0.717) is 13.1 Å². The molecule has 130 valence electrons. The topological polar surface area (TPSA) is 88.6 Å². The van der Waals surface area contributed by atoms with Gasteiger partial charge < -0.3 is 14.6 Å². The molecule has 25 heavy (non-hydrogen) atoms. The normalized spacial score (nSPS) is 17.8. The number of fused-ring (bicyclic) bond motifs is 1. The van der Waals surface area contributed by atoms with Gasteiger partial charge >= 0.3 is 0 Å². The van der Waals surface area contributed by atoms with E-state index in [2.05, 4.69) is 25.5 Å². The standard InChI is InChI=1S/C17H20N6O2/c1-12-19-20-15-6-7-16(21-23(12)15)22-8-2-4-13(11-22)17(24)18-10-14-5-3-9-25-14/h3,5-7,9,13H,2,4,8,10-11H2,1H3,(H,18,24)/t13-/m1/s1. The summed E-state index contributed by atoms with van der Waals surface area (Å²) in [5.41, 5.74) is 0.728. The van der Waals surface area contributed by atoms with Gasteiger partial charge in [-0.1, -0.05) is 0 Å². The second kappa shape index (κ2) is 6.54. The van der Waals surface area contributed by atoms with Crippen molar-refractivity contribution in [3.8, 4) is 0 Å². The van der Waals surface area contributed by atoms with Crippen LogP contribution in [-0.2, 0) is 11.3 Å². The van der Waals surface area contributed by atoms with Crippen LogP contribution in [0.2, 0.25) is 0 Å².